The Balaban J connectivity index is 2.53. The van der Waals surface area contributed by atoms with Crippen molar-refractivity contribution in [1.29, 1.82) is 0 Å². The molecule has 2 aliphatic rings. The number of oxime groups is 1. The van der Waals surface area contributed by atoms with Crippen LogP contribution in [0, 0.1) is 10.1 Å². The molecule has 0 saturated carbocycles. The lowest BCUT2D eigenvalue weighted by atomic mass is 10.1. The molecular formula is C6H5N3O6S. The Morgan fingerprint density at radius 1 is 1.62 bits per heavy atom. The normalized spacial score (nSPS) is 23.3. The first kappa shape index (κ1) is 10.6. The van der Waals surface area contributed by atoms with Gasteiger partial charge in [0.2, 0.25) is 0 Å². The monoisotopic (exact) mass is 247 g/mol. The Labute approximate surface area is 88.9 Å². The van der Waals surface area contributed by atoms with Crippen LogP contribution in [0.4, 0.5) is 0 Å². The second-order valence-corrected chi connectivity index (χ2v) is 4.52. The predicted octanol–water partition coefficient (Wildman–Crippen LogP) is -0.808. The lowest BCUT2D eigenvalue weighted by Gasteiger charge is -2.12. The number of nitrogens with zero attached hydrogens (tertiary/aromatic N) is 2. The van der Waals surface area contributed by atoms with Crippen LogP contribution in [0.1, 0.15) is 0 Å². The SMILES string of the molecule is O=[N+]([O-])C1=C2NON=C2C(S(=O)(=O)O)C=C1. The second-order valence-electron chi connectivity index (χ2n) is 2.98. The average molecular weight is 247 g/mol. The van der Waals surface area contributed by atoms with E-state index in [1.54, 1.807) is 0 Å². The molecule has 1 aliphatic carbocycles. The van der Waals surface area contributed by atoms with Crippen LogP contribution in [0.25, 0.3) is 0 Å². The van der Waals surface area contributed by atoms with Crippen LogP contribution in [0.3, 0.4) is 0 Å². The summed E-state index contributed by atoms with van der Waals surface area (Å²) < 4.78 is 30.8. The molecule has 0 radical (unpaired) electrons. The van der Waals surface area contributed by atoms with Crippen molar-refractivity contribution in [3.05, 3.63) is 33.7 Å². The number of allylic oxidation sites excluding steroid dienone is 2. The minimum Gasteiger partial charge on any atom is -0.285 e. The summed E-state index contributed by atoms with van der Waals surface area (Å²) in [4.78, 5) is 14.2. The molecule has 16 heavy (non-hydrogen) atoms. The van der Waals surface area contributed by atoms with Crippen molar-refractivity contribution in [3.8, 4) is 0 Å². The van der Waals surface area contributed by atoms with Crippen molar-refractivity contribution in [2.75, 3.05) is 0 Å². The molecule has 1 unspecified atom stereocenters. The summed E-state index contributed by atoms with van der Waals surface area (Å²) in [5.41, 5.74) is 1.31. The van der Waals surface area contributed by atoms with E-state index >= 15 is 0 Å². The van der Waals surface area contributed by atoms with Crippen LogP contribution in [0.5, 0.6) is 0 Å². The zero-order valence-electron chi connectivity index (χ0n) is 7.52. The zero-order chi connectivity index (χ0) is 11.9. The standard InChI is InChI=1S/C6H5N3O6S/c10-9(11)3-1-2-4(16(12,13)14)6-5(3)7-15-8-6/h1-2,4,7H,(H,12,13,14). The van der Waals surface area contributed by atoms with Crippen LogP contribution >= 0.6 is 0 Å². The molecular weight excluding hydrogens is 242 g/mol. The van der Waals surface area contributed by atoms with Gasteiger partial charge in [-0.2, -0.15) is 13.9 Å². The molecule has 0 spiro atoms. The second kappa shape index (κ2) is 3.28. The van der Waals surface area contributed by atoms with Gasteiger partial charge < -0.3 is 0 Å². The van der Waals surface area contributed by atoms with E-state index in [-0.39, 0.29) is 17.1 Å². The largest absolute Gasteiger partial charge is 0.297 e. The summed E-state index contributed by atoms with van der Waals surface area (Å²) in [6, 6.07) is 0. The summed E-state index contributed by atoms with van der Waals surface area (Å²) in [6.07, 6.45) is 1.93. The van der Waals surface area contributed by atoms with E-state index in [0.717, 1.165) is 12.2 Å². The van der Waals surface area contributed by atoms with Gasteiger partial charge in [0.1, 0.15) is 5.71 Å². The van der Waals surface area contributed by atoms with Gasteiger partial charge in [0.25, 0.3) is 15.8 Å². The topological polar surface area (TPSA) is 131 Å². The highest BCUT2D eigenvalue weighted by atomic mass is 32.2. The molecule has 10 heteroatoms. The van der Waals surface area contributed by atoms with Gasteiger partial charge in [-0.05, 0) is 0 Å². The fourth-order valence-electron chi connectivity index (χ4n) is 1.34. The van der Waals surface area contributed by atoms with Gasteiger partial charge in [0.15, 0.2) is 10.9 Å². The van der Waals surface area contributed by atoms with E-state index in [2.05, 4.69) is 15.6 Å². The molecule has 2 rings (SSSR count). The van der Waals surface area contributed by atoms with Crippen molar-refractivity contribution in [1.82, 2.24) is 5.48 Å². The molecule has 0 aromatic heterocycles. The van der Waals surface area contributed by atoms with Crippen molar-refractivity contribution >= 4 is 15.8 Å². The average Bonchev–Trinajstić information content (AvgIpc) is 2.61. The van der Waals surface area contributed by atoms with Crippen molar-refractivity contribution in [3.63, 3.8) is 0 Å². The lowest BCUT2D eigenvalue weighted by Crippen LogP contribution is -2.33. The fraction of sp³-hybridized carbons (Fsp3) is 0.167. The molecule has 0 saturated heterocycles. The summed E-state index contributed by atoms with van der Waals surface area (Å²) in [5.74, 6) is 0. The number of fused-ring (bicyclic) bond motifs is 1. The third-order valence-electron chi connectivity index (χ3n) is 2.02. The molecule has 2 N–H and O–H groups in total. The van der Waals surface area contributed by atoms with Gasteiger partial charge >= 0.3 is 0 Å². The van der Waals surface area contributed by atoms with E-state index in [1.165, 1.54) is 0 Å². The third-order valence-corrected chi connectivity index (χ3v) is 3.04. The summed E-state index contributed by atoms with van der Waals surface area (Å²) in [5, 5.41) is 12.4. The van der Waals surface area contributed by atoms with Gasteiger partial charge in [-0.15, -0.1) is 0 Å². The molecule has 1 heterocycles. The first-order chi connectivity index (χ1) is 7.41. The number of hydroxylamine groups is 1. The highest BCUT2D eigenvalue weighted by molar-refractivity contribution is 7.87. The van der Waals surface area contributed by atoms with Crippen LogP contribution in [-0.2, 0) is 15.1 Å². The van der Waals surface area contributed by atoms with Crippen molar-refractivity contribution < 1.29 is 22.8 Å². The number of rotatable bonds is 2. The van der Waals surface area contributed by atoms with Gasteiger partial charge in [0, 0.05) is 6.08 Å². The number of nitro groups is 1. The zero-order valence-corrected chi connectivity index (χ0v) is 8.34. The maximum absolute atomic E-state index is 11.0. The van der Waals surface area contributed by atoms with E-state index in [9.17, 15) is 18.5 Å². The van der Waals surface area contributed by atoms with E-state index in [4.69, 9.17) is 4.55 Å². The summed E-state index contributed by atoms with van der Waals surface area (Å²) in [7, 11) is -4.42. The molecule has 0 bridgehead atoms. The maximum Gasteiger partial charge on any atom is 0.297 e. The molecule has 86 valence electrons. The van der Waals surface area contributed by atoms with Gasteiger partial charge in [-0.3, -0.25) is 19.6 Å². The Hall–Kier alpha value is -1.94. The third kappa shape index (κ3) is 1.53. The molecule has 0 amide bonds. The highest BCUT2D eigenvalue weighted by Gasteiger charge is 2.40. The summed E-state index contributed by atoms with van der Waals surface area (Å²) >= 11 is 0. The molecule has 0 fully saturated rings. The minimum absolute atomic E-state index is 0.171. The molecule has 9 nitrogen and oxygen atoms in total. The van der Waals surface area contributed by atoms with Crippen LogP contribution in [0.15, 0.2) is 28.7 Å². The van der Waals surface area contributed by atoms with Crippen LogP contribution in [-0.4, -0.2) is 28.9 Å². The first-order valence-corrected chi connectivity index (χ1v) is 5.45. The Kier molecular flexibility index (Phi) is 2.17. The maximum atomic E-state index is 11.0. The smallest absolute Gasteiger partial charge is 0.285 e. The highest BCUT2D eigenvalue weighted by Crippen LogP contribution is 2.23. The van der Waals surface area contributed by atoms with Crippen molar-refractivity contribution in [2.45, 2.75) is 5.25 Å². The predicted molar refractivity (Wildman–Crippen MR) is 50.2 cm³/mol. The van der Waals surface area contributed by atoms with Crippen LogP contribution in [0.2, 0.25) is 0 Å². The fourth-order valence-corrected chi connectivity index (χ4v) is 2.06. The van der Waals surface area contributed by atoms with E-state index in [0.29, 0.717) is 0 Å². The Bertz CT molecular complexity index is 545. The van der Waals surface area contributed by atoms with Crippen LogP contribution < -0.4 is 5.48 Å². The Morgan fingerprint density at radius 2 is 2.31 bits per heavy atom. The van der Waals surface area contributed by atoms with Gasteiger partial charge in [-0.1, -0.05) is 11.2 Å². The molecule has 1 atom stereocenters. The summed E-state index contributed by atoms with van der Waals surface area (Å²) in [6.45, 7) is 0. The molecule has 0 aromatic carbocycles. The number of hydrogen-bond acceptors (Lipinski definition) is 7. The molecule has 0 aromatic rings. The van der Waals surface area contributed by atoms with Gasteiger partial charge in [0.05, 0.1) is 4.92 Å². The quantitative estimate of drug-likeness (QED) is 0.370. The number of hydrogen-bond donors (Lipinski definition) is 2. The van der Waals surface area contributed by atoms with Crippen molar-refractivity contribution in [2.24, 2.45) is 5.16 Å². The first-order valence-electron chi connectivity index (χ1n) is 3.94. The molecule has 1 aliphatic heterocycles. The number of nitrogens with one attached hydrogen (secondary N) is 1. The lowest BCUT2D eigenvalue weighted by molar-refractivity contribution is -0.420. The Morgan fingerprint density at radius 3 is 2.88 bits per heavy atom. The minimum atomic E-state index is -4.42. The van der Waals surface area contributed by atoms with E-state index < -0.39 is 20.3 Å². The van der Waals surface area contributed by atoms with E-state index in [1.807, 2.05) is 0 Å². The van der Waals surface area contributed by atoms with Gasteiger partial charge in [-0.25, -0.2) is 0 Å².